The van der Waals surface area contributed by atoms with Crippen LogP contribution in [0, 0.1) is 20.8 Å². The molecule has 1 amide bonds. The zero-order chi connectivity index (χ0) is 14.6. The summed E-state index contributed by atoms with van der Waals surface area (Å²) in [7, 11) is 0. The summed E-state index contributed by atoms with van der Waals surface area (Å²) >= 11 is 2.19. The molecule has 0 atom stereocenters. The monoisotopic (exact) mass is 382 g/mol. The number of hydrogen-bond donors (Lipinski definition) is 1. The van der Waals surface area contributed by atoms with Crippen LogP contribution in [0.15, 0.2) is 24.3 Å². The number of benzene rings is 1. The third-order valence-corrected chi connectivity index (χ3v) is 4.86. The van der Waals surface area contributed by atoms with Crippen molar-refractivity contribution in [3.8, 4) is 6.07 Å². The Morgan fingerprint density at radius 1 is 1.50 bits per heavy atom. The highest BCUT2D eigenvalue weighted by Gasteiger charge is 2.36. The minimum atomic E-state index is -0.677. The van der Waals surface area contributed by atoms with Crippen LogP contribution in [0.1, 0.15) is 49.4 Å². The van der Waals surface area contributed by atoms with Crippen molar-refractivity contribution in [3.63, 3.8) is 0 Å². The first-order valence-electron chi connectivity index (χ1n) is 7.08. The molecule has 0 bridgehead atoms. The number of rotatable bonds is 3. The third-order valence-electron chi connectivity index (χ3n) is 4.19. The minimum absolute atomic E-state index is 0.139. The average molecular weight is 382 g/mol. The van der Waals surface area contributed by atoms with E-state index in [1.807, 2.05) is 18.2 Å². The van der Waals surface area contributed by atoms with Gasteiger partial charge in [-0.05, 0) is 72.4 Å². The van der Waals surface area contributed by atoms with Crippen LogP contribution in [0.2, 0.25) is 0 Å². The van der Waals surface area contributed by atoms with Crippen molar-refractivity contribution in [1.29, 1.82) is 5.26 Å². The molecule has 1 aromatic rings. The number of carbonyl (C=O) groups is 1. The Labute approximate surface area is 133 Å². The summed E-state index contributed by atoms with van der Waals surface area (Å²) in [5, 5.41) is 12.5. The molecule has 20 heavy (non-hydrogen) atoms. The van der Waals surface area contributed by atoms with Crippen LogP contribution in [0.5, 0.6) is 0 Å². The largest absolute Gasteiger partial charge is 0.334 e. The Hall–Kier alpha value is -1.09. The number of hydrogen-bond acceptors (Lipinski definition) is 2. The third kappa shape index (κ3) is 3.51. The fraction of sp³-hybridized carbons (Fsp3) is 0.500. The molecule has 1 aliphatic carbocycles. The molecule has 1 aliphatic rings. The van der Waals surface area contributed by atoms with E-state index < -0.39 is 5.54 Å². The van der Waals surface area contributed by atoms with Gasteiger partial charge in [0.2, 0.25) is 0 Å². The van der Waals surface area contributed by atoms with Crippen molar-refractivity contribution >= 4 is 28.5 Å². The van der Waals surface area contributed by atoms with Gasteiger partial charge in [0.05, 0.1) is 6.07 Å². The first kappa shape index (κ1) is 15.3. The fourth-order valence-corrected chi connectivity index (χ4v) is 3.31. The molecular formula is C16H19IN2O. The molecule has 0 radical (unpaired) electrons. The van der Waals surface area contributed by atoms with Crippen LogP contribution in [0.3, 0.4) is 0 Å². The molecule has 1 N–H and O–H groups in total. The van der Waals surface area contributed by atoms with Crippen molar-refractivity contribution in [1.82, 2.24) is 5.32 Å². The van der Waals surface area contributed by atoms with Gasteiger partial charge in [0.1, 0.15) is 5.54 Å². The van der Waals surface area contributed by atoms with E-state index in [2.05, 4.69) is 40.9 Å². The van der Waals surface area contributed by atoms with E-state index >= 15 is 0 Å². The van der Waals surface area contributed by atoms with Crippen LogP contribution < -0.4 is 5.32 Å². The van der Waals surface area contributed by atoms with Gasteiger partial charge >= 0.3 is 0 Å². The van der Waals surface area contributed by atoms with Crippen molar-refractivity contribution in [2.75, 3.05) is 0 Å². The first-order chi connectivity index (χ1) is 9.58. The Morgan fingerprint density at radius 2 is 2.20 bits per heavy atom. The second kappa shape index (κ2) is 6.57. The first-order valence-corrected chi connectivity index (χ1v) is 8.16. The lowest BCUT2D eigenvalue weighted by Gasteiger charge is -2.35. The molecule has 1 fully saturated rings. The summed E-state index contributed by atoms with van der Waals surface area (Å²) in [5.74, 6) is 0.561. The highest BCUT2D eigenvalue weighted by Crippen LogP contribution is 2.33. The lowest BCUT2D eigenvalue weighted by molar-refractivity contribution is 0.0891. The maximum atomic E-state index is 12.3. The van der Waals surface area contributed by atoms with Crippen molar-refractivity contribution in [3.05, 3.63) is 33.4 Å². The molecule has 0 spiro atoms. The minimum Gasteiger partial charge on any atom is -0.334 e. The maximum Gasteiger partial charge on any atom is 0.252 e. The molecule has 0 heterocycles. The summed E-state index contributed by atoms with van der Waals surface area (Å²) in [6.07, 6.45) is 4.73. The Kier molecular flexibility index (Phi) is 5.03. The van der Waals surface area contributed by atoms with Gasteiger partial charge in [-0.2, -0.15) is 5.26 Å². The van der Waals surface area contributed by atoms with Crippen LogP contribution in [-0.2, 0) is 0 Å². The van der Waals surface area contributed by atoms with Gasteiger partial charge in [-0.15, -0.1) is 0 Å². The van der Waals surface area contributed by atoms with E-state index in [4.69, 9.17) is 0 Å². The van der Waals surface area contributed by atoms with E-state index in [9.17, 15) is 10.1 Å². The molecule has 3 nitrogen and oxygen atoms in total. The topological polar surface area (TPSA) is 52.9 Å². The van der Waals surface area contributed by atoms with Gasteiger partial charge in [0, 0.05) is 9.13 Å². The Morgan fingerprint density at radius 3 is 2.75 bits per heavy atom. The average Bonchev–Trinajstić information content (AvgIpc) is 2.48. The quantitative estimate of drug-likeness (QED) is 0.807. The summed E-state index contributed by atoms with van der Waals surface area (Å²) < 4.78 is 1.02. The predicted molar refractivity (Wildman–Crippen MR) is 87.2 cm³/mol. The van der Waals surface area contributed by atoms with Gasteiger partial charge in [0.25, 0.3) is 5.91 Å². The number of carbonyl (C=O) groups excluding carboxylic acids is 1. The van der Waals surface area contributed by atoms with Gasteiger partial charge < -0.3 is 5.32 Å². The van der Waals surface area contributed by atoms with Crippen molar-refractivity contribution in [2.24, 2.45) is 5.92 Å². The summed E-state index contributed by atoms with van der Waals surface area (Å²) in [6.45, 7) is 2.19. The van der Waals surface area contributed by atoms with Gasteiger partial charge in [-0.3, -0.25) is 4.79 Å². The van der Waals surface area contributed by atoms with E-state index in [0.717, 1.165) is 35.7 Å². The zero-order valence-corrected chi connectivity index (χ0v) is 13.8. The molecule has 0 unspecified atom stereocenters. The number of halogens is 1. The van der Waals surface area contributed by atoms with E-state index in [-0.39, 0.29) is 5.91 Å². The number of nitriles is 1. The SMILES string of the molecule is CCC1CCC(C#N)(NC(=O)c2cccc(I)c2)CC1. The summed E-state index contributed by atoms with van der Waals surface area (Å²) in [4.78, 5) is 12.3. The van der Waals surface area contributed by atoms with Crippen LogP contribution >= 0.6 is 22.6 Å². The standard InChI is InChI=1S/C16H19IN2O/c1-2-12-6-8-16(11-18,9-7-12)19-15(20)13-4-3-5-14(17)10-13/h3-5,10,12H,2,6-9H2,1H3,(H,19,20). The molecule has 2 rings (SSSR count). The maximum absolute atomic E-state index is 12.3. The summed E-state index contributed by atoms with van der Waals surface area (Å²) in [5.41, 5.74) is -0.0477. The molecule has 4 heteroatoms. The van der Waals surface area contributed by atoms with Crippen LogP contribution in [0.25, 0.3) is 0 Å². The second-order valence-corrected chi connectivity index (χ2v) is 6.76. The second-order valence-electron chi connectivity index (χ2n) is 5.51. The molecule has 106 valence electrons. The van der Waals surface area contributed by atoms with Crippen LogP contribution in [-0.4, -0.2) is 11.4 Å². The number of amides is 1. The van der Waals surface area contributed by atoms with Crippen molar-refractivity contribution in [2.45, 2.75) is 44.6 Å². The number of nitrogens with zero attached hydrogens (tertiary/aromatic N) is 1. The number of nitrogens with one attached hydrogen (secondary N) is 1. The smallest absolute Gasteiger partial charge is 0.252 e. The van der Waals surface area contributed by atoms with Crippen molar-refractivity contribution < 1.29 is 4.79 Å². The fourth-order valence-electron chi connectivity index (χ4n) is 2.76. The Bertz CT molecular complexity index is 528. The van der Waals surface area contributed by atoms with E-state index in [1.165, 1.54) is 0 Å². The van der Waals surface area contributed by atoms with E-state index in [0.29, 0.717) is 11.5 Å². The lowest BCUT2D eigenvalue weighted by Crippen LogP contribution is -2.49. The molecule has 1 saturated carbocycles. The zero-order valence-electron chi connectivity index (χ0n) is 11.7. The molecule has 1 aromatic carbocycles. The van der Waals surface area contributed by atoms with Gasteiger partial charge in [-0.1, -0.05) is 19.4 Å². The predicted octanol–water partition coefficient (Wildman–Crippen LogP) is 3.88. The van der Waals surface area contributed by atoms with Gasteiger partial charge in [-0.25, -0.2) is 0 Å². The molecular weight excluding hydrogens is 363 g/mol. The summed E-state index contributed by atoms with van der Waals surface area (Å²) in [6, 6.07) is 9.79. The Balaban J connectivity index is 2.07. The van der Waals surface area contributed by atoms with E-state index in [1.54, 1.807) is 6.07 Å². The molecule has 0 aliphatic heterocycles. The lowest BCUT2D eigenvalue weighted by atomic mass is 9.76. The normalized spacial score (nSPS) is 25.8. The van der Waals surface area contributed by atoms with Gasteiger partial charge in [0.15, 0.2) is 0 Å². The molecule has 0 saturated heterocycles. The van der Waals surface area contributed by atoms with Crippen LogP contribution in [0.4, 0.5) is 0 Å². The highest BCUT2D eigenvalue weighted by atomic mass is 127. The highest BCUT2D eigenvalue weighted by molar-refractivity contribution is 14.1. The molecule has 0 aromatic heterocycles.